The largest absolute Gasteiger partial charge is 0.309 e. The van der Waals surface area contributed by atoms with Crippen molar-refractivity contribution in [3.8, 4) is 0 Å². The molecule has 1 atom stereocenters. The summed E-state index contributed by atoms with van der Waals surface area (Å²) in [6.45, 7) is 7.08. The minimum atomic E-state index is -0.262. The highest BCUT2D eigenvalue weighted by Crippen LogP contribution is 2.37. The van der Waals surface area contributed by atoms with Gasteiger partial charge in [0.2, 0.25) is 0 Å². The molecule has 0 aliphatic rings. The molecule has 0 radical (unpaired) electrons. The smallest absolute Gasteiger partial charge is 0.146 e. The summed E-state index contributed by atoms with van der Waals surface area (Å²) in [5.74, 6) is -0.262. The van der Waals surface area contributed by atoms with Crippen LogP contribution in [0.15, 0.2) is 48.8 Å². The minimum absolute atomic E-state index is 0.0992. The van der Waals surface area contributed by atoms with Crippen LogP contribution in [0, 0.1) is 5.82 Å². The Morgan fingerprint density at radius 2 is 1.90 bits per heavy atom. The normalized spacial score (nSPS) is 13.2. The van der Waals surface area contributed by atoms with Crippen molar-refractivity contribution < 1.29 is 4.39 Å². The Kier molecular flexibility index (Phi) is 4.50. The molecule has 1 unspecified atom stereocenters. The van der Waals surface area contributed by atoms with Crippen molar-refractivity contribution in [2.24, 2.45) is 0 Å². The number of halogens is 1. The highest BCUT2D eigenvalue weighted by atomic mass is 19.1. The molecule has 0 saturated heterocycles. The summed E-state index contributed by atoms with van der Waals surface area (Å²) < 4.78 is 14.1. The number of rotatable bonds is 5. The third-order valence-electron chi connectivity index (χ3n) is 3.76. The number of nitrogens with zero attached hydrogens (tertiary/aromatic N) is 1. The molecule has 0 spiro atoms. The summed E-state index contributed by atoms with van der Waals surface area (Å²) in [4.78, 5) is 3.84. The molecule has 0 bridgehead atoms. The second-order valence-electron chi connectivity index (χ2n) is 5.48. The lowest BCUT2D eigenvalue weighted by Gasteiger charge is -2.36. The minimum Gasteiger partial charge on any atom is -0.309 e. The number of hydrogen-bond donors (Lipinski definition) is 1. The molecule has 20 heavy (non-hydrogen) atoms. The zero-order valence-electron chi connectivity index (χ0n) is 12.2. The molecule has 106 valence electrons. The monoisotopic (exact) mass is 272 g/mol. The van der Waals surface area contributed by atoms with E-state index in [0.29, 0.717) is 5.56 Å². The summed E-state index contributed by atoms with van der Waals surface area (Å²) in [5.41, 5.74) is 1.62. The van der Waals surface area contributed by atoms with Crippen molar-refractivity contribution in [2.45, 2.75) is 32.2 Å². The molecule has 1 aromatic heterocycles. The van der Waals surface area contributed by atoms with Crippen molar-refractivity contribution in [1.82, 2.24) is 10.3 Å². The topological polar surface area (TPSA) is 24.9 Å². The molecule has 2 rings (SSSR count). The van der Waals surface area contributed by atoms with Crippen LogP contribution >= 0.6 is 0 Å². The van der Waals surface area contributed by atoms with E-state index >= 15 is 0 Å². The van der Waals surface area contributed by atoms with Gasteiger partial charge in [-0.2, -0.15) is 0 Å². The van der Waals surface area contributed by atoms with E-state index < -0.39 is 0 Å². The number of pyridine rings is 1. The molecular formula is C17H21FN2. The van der Waals surface area contributed by atoms with Crippen LogP contribution in [0.3, 0.4) is 0 Å². The van der Waals surface area contributed by atoms with Gasteiger partial charge >= 0.3 is 0 Å². The molecular weight excluding hydrogens is 251 g/mol. The number of hydrogen-bond acceptors (Lipinski definition) is 2. The highest BCUT2D eigenvalue weighted by molar-refractivity contribution is 5.31. The third kappa shape index (κ3) is 2.88. The fraction of sp³-hybridized carbons (Fsp3) is 0.353. The molecule has 1 N–H and O–H groups in total. The lowest BCUT2D eigenvalue weighted by atomic mass is 9.75. The predicted octanol–water partition coefficient (Wildman–Crippen LogP) is 3.85. The maximum Gasteiger partial charge on any atom is 0.146 e. The molecule has 1 heterocycles. The zero-order valence-corrected chi connectivity index (χ0v) is 12.2. The van der Waals surface area contributed by atoms with Gasteiger partial charge in [-0.15, -0.1) is 0 Å². The molecule has 0 aliphatic heterocycles. The standard InChI is InChI=1S/C17H21FN2/c1-4-20-16(14-10-11-19-12-15(14)18)17(2,3)13-8-6-5-7-9-13/h5-12,16,20H,4H2,1-3H3. The number of benzene rings is 1. The maximum absolute atomic E-state index is 14.1. The van der Waals surface area contributed by atoms with Gasteiger partial charge in [0.15, 0.2) is 0 Å². The lowest BCUT2D eigenvalue weighted by molar-refractivity contribution is 0.343. The Morgan fingerprint density at radius 3 is 2.50 bits per heavy atom. The number of aromatic nitrogens is 1. The first-order valence-corrected chi connectivity index (χ1v) is 6.95. The van der Waals surface area contributed by atoms with Crippen LogP contribution in [-0.4, -0.2) is 11.5 Å². The molecule has 0 fully saturated rings. The van der Waals surface area contributed by atoms with Gasteiger partial charge in [0, 0.05) is 23.2 Å². The van der Waals surface area contributed by atoms with E-state index in [1.807, 2.05) is 25.1 Å². The van der Waals surface area contributed by atoms with E-state index in [9.17, 15) is 4.39 Å². The van der Waals surface area contributed by atoms with Gasteiger partial charge in [-0.1, -0.05) is 51.1 Å². The Hall–Kier alpha value is -1.74. The van der Waals surface area contributed by atoms with E-state index in [1.165, 1.54) is 11.8 Å². The summed E-state index contributed by atoms with van der Waals surface area (Å²) in [7, 11) is 0. The maximum atomic E-state index is 14.1. The van der Waals surface area contributed by atoms with Gasteiger partial charge in [0.05, 0.1) is 6.20 Å². The van der Waals surface area contributed by atoms with Crippen molar-refractivity contribution >= 4 is 0 Å². The zero-order chi connectivity index (χ0) is 14.6. The lowest BCUT2D eigenvalue weighted by Crippen LogP contribution is -2.38. The first-order valence-electron chi connectivity index (χ1n) is 6.95. The summed E-state index contributed by atoms with van der Waals surface area (Å²) in [6.07, 6.45) is 2.92. The molecule has 1 aromatic carbocycles. The summed E-state index contributed by atoms with van der Waals surface area (Å²) in [6, 6.07) is 11.9. The van der Waals surface area contributed by atoms with E-state index in [0.717, 1.165) is 6.54 Å². The molecule has 3 heteroatoms. The first kappa shape index (κ1) is 14.7. The van der Waals surface area contributed by atoms with E-state index in [4.69, 9.17) is 0 Å². The van der Waals surface area contributed by atoms with Crippen LogP contribution in [0.5, 0.6) is 0 Å². The van der Waals surface area contributed by atoms with Crippen LogP contribution in [0.1, 0.15) is 37.9 Å². The second-order valence-corrected chi connectivity index (χ2v) is 5.48. The van der Waals surface area contributed by atoms with Crippen LogP contribution in [0.2, 0.25) is 0 Å². The number of likely N-dealkylation sites (N-methyl/N-ethyl adjacent to an activating group) is 1. The van der Waals surface area contributed by atoms with Gasteiger partial charge in [0.25, 0.3) is 0 Å². The Bertz CT molecular complexity index is 552. The first-order chi connectivity index (χ1) is 9.57. The highest BCUT2D eigenvalue weighted by Gasteiger charge is 2.33. The fourth-order valence-electron chi connectivity index (χ4n) is 2.61. The third-order valence-corrected chi connectivity index (χ3v) is 3.76. The molecule has 0 amide bonds. The van der Waals surface area contributed by atoms with E-state index in [2.05, 4.69) is 36.3 Å². The SMILES string of the molecule is CCNC(c1ccncc1F)C(C)(C)c1ccccc1. The van der Waals surface area contributed by atoms with Crippen LogP contribution in [0.25, 0.3) is 0 Å². The van der Waals surface area contributed by atoms with Crippen LogP contribution < -0.4 is 5.32 Å². The van der Waals surface area contributed by atoms with E-state index in [1.54, 1.807) is 12.3 Å². The molecule has 0 saturated carbocycles. The fourth-order valence-corrected chi connectivity index (χ4v) is 2.61. The number of nitrogens with one attached hydrogen (secondary N) is 1. The predicted molar refractivity (Wildman–Crippen MR) is 80.1 cm³/mol. The molecule has 0 aliphatic carbocycles. The second kappa shape index (κ2) is 6.14. The molecule has 2 nitrogen and oxygen atoms in total. The average molecular weight is 272 g/mol. The van der Waals surface area contributed by atoms with Gasteiger partial charge in [-0.25, -0.2) is 4.39 Å². The van der Waals surface area contributed by atoms with E-state index in [-0.39, 0.29) is 17.3 Å². The Morgan fingerprint density at radius 1 is 1.20 bits per heavy atom. The van der Waals surface area contributed by atoms with Gasteiger partial charge in [-0.05, 0) is 18.2 Å². The Balaban J connectivity index is 2.45. The van der Waals surface area contributed by atoms with Gasteiger partial charge < -0.3 is 5.32 Å². The summed E-state index contributed by atoms with van der Waals surface area (Å²) >= 11 is 0. The van der Waals surface area contributed by atoms with Gasteiger partial charge in [0.1, 0.15) is 5.82 Å². The van der Waals surface area contributed by atoms with Crippen LogP contribution in [0.4, 0.5) is 4.39 Å². The quantitative estimate of drug-likeness (QED) is 0.894. The van der Waals surface area contributed by atoms with Crippen molar-refractivity contribution in [3.63, 3.8) is 0 Å². The molecule has 2 aromatic rings. The van der Waals surface area contributed by atoms with Crippen molar-refractivity contribution in [3.05, 3.63) is 65.7 Å². The average Bonchev–Trinajstić information content (AvgIpc) is 2.46. The van der Waals surface area contributed by atoms with Crippen LogP contribution in [-0.2, 0) is 5.41 Å². The van der Waals surface area contributed by atoms with Crippen molar-refractivity contribution in [1.29, 1.82) is 0 Å². The Labute approximate surface area is 120 Å². The summed E-state index contributed by atoms with van der Waals surface area (Å²) in [5, 5.41) is 3.41. The van der Waals surface area contributed by atoms with Crippen molar-refractivity contribution in [2.75, 3.05) is 6.54 Å². The van der Waals surface area contributed by atoms with Gasteiger partial charge in [-0.3, -0.25) is 4.98 Å².